The van der Waals surface area contributed by atoms with Crippen molar-refractivity contribution in [1.82, 2.24) is 4.90 Å². The molecule has 0 amide bonds. The van der Waals surface area contributed by atoms with Crippen molar-refractivity contribution >= 4 is 0 Å². The second-order valence-corrected chi connectivity index (χ2v) is 6.40. The summed E-state index contributed by atoms with van der Waals surface area (Å²) in [5, 5.41) is 10.2. The topological polar surface area (TPSA) is 23.5 Å². The van der Waals surface area contributed by atoms with E-state index in [2.05, 4.69) is 39.6 Å². The second kappa shape index (κ2) is 6.02. The van der Waals surface area contributed by atoms with Crippen molar-refractivity contribution in [2.24, 2.45) is 23.7 Å². The van der Waals surface area contributed by atoms with Gasteiger partial charge < -0.3 is 10.0 Å². The van der Waals surface area contributed by atoms with Crippen LogP contribution in [0.5, 0.6) is 0 Å². The highest BCUT2D eigenvalue weighted by molar-refractivity contribution is 4.84. The molecule has 16 heavy (non-hydrogen) atoms. The molecule has 1 aliphatic rings. The fourth-order valence-corrected chi connectivity index (χ4v) is 3.23. The molecule has 0 spiro atoms. The molecule has 0 radical (unpaired) electrons. The number of aliphatic hydroxyl groups excluding tert-OH is 1. The Morgan fingerprint density at radius 3 is 2.38 bits per heavy atom. The summed E-state index contributed by atoms with van der Waals surface area (Å²) in [7, 11) is 2.18. The highest BCUT2D eigenvalue weighted by Crippen LogP contribution is 2.34. The minimum Gasteiger partial charge on any atom is -0.393 e. The first-order valence-corrected chi connectivity index (χ1v) is 6.76. The Balaban J connectivity index is 2.45. The van der Waals surface area contributed by atoms with E-state index in [1.807, 2.05) is 0 Å². The van der Waals surface area contributed by atoms with Crippen molar-refractivity contribution in [2.75, 3.05) is 20.1 Å². The Bertz CT molecular complexity index is 193. The van der Waals surface area contributed by atoms with Gasteiger partial charge in [0.05, 0.1) is 6.10 Å². The predicted octanol–water partition coefficient (Wildman–Crippen LogP) is 2.62. The molecule has 1 fully saturated rings. The summed E-state index contributed by atoms with van der Waals surface area (Å²) in [5.74, 6) is 2.53. The number of hydrogen-bond acceptors (Lipinski definition) is 2. The van der Waals surface area contributed by atoms with Crippen molar-refractivity contribution in [3.63, 3.8) is 0 Å². The van der Waals surface area contributed by atoms with Gasteiger partial charge in [-0.15, -0.1) is 0 Å². The molecule has 1 rings (SSSR count). The maximum atomic E-state index is 10.2. The summed E-state index contributed by atoms with van der Waals surface area (Å²) >= 11 is 0. The SMILES string of the molecule is CC(C)CN(C)CC1C(C)CC(C)CC1O. The quantitative estimate of drug-likeness (QED) is 0.798. The van der Waals surface area contributed by atoms with Gasteiger partial charge in [0.1, 0.15) is 0 Å². The molecule has 0 aromatic heterocycles. The van der Waals surface area contributed by atoms with E-state index < -0.39 is 0 Å². The fourth-order valence-electron chi connectivity index (χ4n) is 3.23. The number of nitrogens with zero attached hydrogens (tertiary/aromatic N) is 1. The lowest BCUT2D eigenvalue weighted by Gasteiger charge is -2.39. The van der Waals surface area contributed by atoms with E-state index in [9.17, 15) is 5.11 Å². The lowest BCUT2D eigenvalue weighted by molar-refractivity contribution is 0.000365. The Kier molecular flexibility index (Phi) is 5.26. The lowest BCUT2D eigenvalue weighted by Crippen LogP contribution is -2.42. The first-order chi connectivity index (χ1) is 7.40. The molecule has 2 nitrogen and oxygen atoms in total. The van der Waals surface area contributed by atoms with Crippen molar-refractivity contribution in [3.8, 4) is 0 Å². The number of rotatable bonds is 4. The van der Waals surface area contributed by atoms with Crippen LogP contribution in [-0.4, -0.2) is 36.2 Å². The molecule has 0 aromatic rings. The summed E-state index contributed by atoms with van der Waals surface area (Å²) < 4.78 is 0. The molecule has 1 saturated carbocycles. The molecule has 1 N–H and O–H groups in total. The highest BCUT2D eigenvalue weighted by Gasteiger charge is 2.33. The van der Waals surface area contributed by atoms with Crippen molar-refractivity contribution in [2.45, 2.75) is 46.6 Å². The Labute approximate surface area is 101 Å². The predicted molar refractivity (Wildman–Crippen MR) is 69.4 cm³/mol. The molecule has 0 aliphatic heterocycles. The molecule has 0 aromatic carbocycles. The average Bonchev–Trinajstić information content (AvgIpc) is 2.09. The van der Waals surface area contributed by atoms with Crippen molar-refractivity contribution < 1.29 is 5.11 Å². The zero-order chi connectivity index (χ0) is 12.3. The average molecular weight is 227 g/mol. The zero-order valence-electron chi connectivity index (χ0n) is 11.6. The van der Waals surface area contributed by atoms with Gasteiger partial charge in [0.2, 0.25) is 0 Å². The maximum Gasteiger partial charge on any atom is 0.0585 e. The molecule has 2 heteroatoms. The third-order valence-corrected chi connectivity index (χ3v) is 3.84. The lowest BCUT2D eigenvalue weighted by atomic mass is 9.73. The molecule has 0 saturated heterocycles. The Hall–Kier alpha value is -0.0800. The summed E-state index contributed by atoms with van der Waals surface area (Å²) in [5.41, 5.74) is 0. The summed E-state index contributed by atoms with van der Waals surface area (Å²) in [4.78, 5) is 2.38. The van der Waals surface area contributed by atoms with Crippen molar-refractivity contribution in [1.29, 1.82) is 0 Å². The van der Waals surface area contributed by atoms with E-state index >= 15 is 0 Å². The summed E-state index contributed by atoms with van der Waals surface area (Å²) in [6.07, 6.45) is 2.18. The zero-order valence-corrected chi connectivity index (χ0v) is 11.6. The minimum atomic E-state index is -0.0895. The summed E-state index contributed by atoms with van der Waals surface area (Å²) in [6.45, 7) is 11.2. The van der Waals surface area contributed by atoms with E-state index in [-0.39, 0.29) is 6.10 Å². The van der Waals surface area contributed by atoms with Crippen LogP contribution in [0.4, 0.5) is 0 Å². The molecule has 4 unspecified atom stereocenters. The van der Waals surface area contributed by atoms with Crippen molar-refractivity contribution in [3.05, 3.63) is 0 Å². The van der Waals surface area contributed by atoms with E-state index in [1.54, 1.807) is 0 Å². The molecule has 4 atom stereocenters. The second-order valence-electron chi connectivity index (χ2n) is 6.40. The van der Waals surface area contributed by atoms with Crippen LogP contribution >= 0.6 is 0 Å². The van der Waals surface area contributed by atoms with Gasteiger partial charge in [0, 0.05) is 19.0 Å². The molecular formula is C14H29NO. The minimum absolute atomic E-state index is 0.0895. The third-order valence-electron chi connectivity index (χ3n) is 3.84. The van der Waals surface area contributed by atoms with Gasteiger partial charge in [-0.1, -0.05) is 27.7 Å². The van der Waals surface area contributed by atoms with Crippen LogP contribution in [0.25, 0.3) is 0 Å². The van der Waals surface area contributed by atoms with E-state index in [1.165, 1.54) is 6.42 Å². The van der Waals surface area contributed by atoms with Crippen LogP contribution in [-0.2, 0) is 0 Å². The van der Waals surface area contributed by atoms with Gasteiger partial charge in [0.15, 0.2) is 0 Å². The van der Waals surface area contributed by atoms with E-state index in [0.29, 0.717) is 23.7 Å². The van der Waals surface area contributed by atoms with Crippen LogP contribution in [0.3, 0.4) is 0 Å². The monoisotopic (exact) mass is 227 g/mol. The summed E-state index contributed by atoms with van der Waals surface area (Å²) in [6, 6.07) is 0. The van der Waals surface area contributed by atoms with Crippen LogP contribution < -0.4 is 0 Å². The molecule has 1 aliphatic carbocycles. The number of aliphatic hydroxyl groups is 1. The van der Waals surface area contributed by atoms with Gasteiger partial charge in [-0.2, -0.15) is 0 Å². The molecule has 0 bridgehead atoms. The third kappa shape index (κ3) is 4.06. The van der Waals surface area contributed by atoms with E-state index in [0.717, 1.165) is 19.5 Å². The maximum absolute atomic E-state index is 10.2. The van der Waals surface area contributed by atoms with Crippen LogP contribution in [0.15, 0.2) is 0 Å². The van der Waals surface area contributed by atoms with Gasteiger partial charge in [-0.3, -0.25) is 0 Å². The van der Waals surface area contributed by atoms with E-state index in [4.69, 9.17) is 0 Å². The standard InChI is InChI=1S/C14H29NO/c1-10(2)8-15(5)9-13-12(4)6-11(3)7-14(13)16/h10-14,16H,6-9H2,1-5H3. The molecule has 0 heterocycles. The highest BCUT2D eigenvalue weighted by atomic mass is 16.3. The normalized spacial score (nSPS) is 36.0. The first kappa shape index (κ1) is 14.0. The van der Waals surface area contributed by atoms with Crippen LogP contribution in [0.1, 0.15) is 40.5 Å². The first-order valence-electron chi connectivity index (χ1n) is 6.76. The fraction of sp³-hybridized carbons (Fsp3) is 1.00. The van der Waals surface area contributed by atoms with Gasteiger partial charge >= 0.3 is 0 Å². The molecule has 96 valence electrons. The van der Waals surface area contributed by atoms with Crippen LogP contribution in [0, 0.1) is 23.7 Å². The van der Waals surface area contributed by atoms with Crippen LogP contribution in [0.2, 0.25) is 0 Å². The number of hydrogen-bond donors (Lipinski definition) is 1. The largest absolute Gasteiger partial charge is 0.393 e. The van der Waals surface area contributed by atoms with Gasteiger partial charge in [-0.25, -0.2) is 0 Å². The Morgan fingerprint density at radius 1 is 1.25 bits per heavy atom. The van der Waals surface area contributed by atoms with Gasteiger partial charge in [0.25, 0.3) is 0 Å². The molecular weight excluding hydrogens is 198 g/mol. The smallest absolute Gasteiger partial charge is 0.0585 e. The Morgan fingerprint density at radius 2 is 1.88 bits per heavy atom. The van der Waals surface area contributed by atoms with Gasteiger partial charge in [-0.05, 0) is 37.6 Å².